The molecule has 0 bridgehead atoms. The Morgan fingerprint density at radius 1 is 1.43 bits per heavy atom. The summed E-state index contributed by atoms with van der Waals surface area (Å²) in [4.78, 5) is 23.9. The van der Waals surface area contributed by atoms with Crippen LogP contribution in [-0.4, -0.2) is 40.2 Å². The molecular weight excluding hydrogens is 294 g/mol. The number of aromatic carboxylic acids is 1. The van der Waals surface area contributed by atoms with Crippen molar-refractivity contribution in [2.45, 2.75) is 4.90 Å². The van der Waals surface area contributed by atoms with Crippen molar-refractivity contribution in [1.29, 1.82) is 0 Å². The van der Waals surface area contributed by atoms with Gasteiger partial charge in [-0.1, -0.05) is 0 Å². The Morgan fingerprint density at radius 3 is 2.76 bits per heavy atom. The molecule has 0 unspecified atom stereocenters. The lowest BCUT2D eigenvalue weighted by Gasteiger charge is -2.11. The van der Waals surface area contributed by atoms with Gasteiger partial charge >= 0.3 is 5.97 Å². The van der Waals surface area contributed by atoms with Crippen LogP contribution < -0.4 is 5.56 Å². The van der Waals surface area contributed by atoms with Crippen LogP contribution in [0.4, 0.5) is 0 Å². The van der Waals surface area contributed by atoms with Gasteiger partial charge in [-0.3, -0.25) is 4.79 Å². The van der Waals surface area contributed by atoms with E-state index in [9.17, 15) is 14.7 Å². The average molecular weight is 309 g/mol. The zero-order chi connectivity index (χ0) is 15.6. The maximum absolute atomic E-state index is 11.9. The predicted molar refractivity (Wildman–Crippen MR) is 80.4 cm³/mol. The van der Waals surface area contributed by atoms with Crippen molar-refractivity contribution in [2.24, 2.45) is 7.05 Å². The largest absolute Gasteiger partial charge is 0.506 e. The van der Waals surface area contributed by atoms with Crippen molar-refractivity contribution >= 4 is 28.6 Å². The lowest BCUT2D eigenvalue weighted by atomic mass is 10.1. The second kappa shape index (κ2) is 6.19. The summed E-state index contributed by atoms with van der Waals surface area (Å²) in [5, 5.41) is 19.5. The number of benzene rings is 1. The van der Waals surface area contributed by atoms with Gasteiger partial charge in [-0.2, -0.15) is 0 Å². The van der Waals surface area contributed by atoms with Crippen molar-refractivity contribution in [3.63, 3.8) is 0 Å². The maximum atomic E-state index is 11.9. The third-order valence-corrected chi connectivity index (χ3v) is 4.07. The van der Waals surface area contributed by atoms with E-state index in [0.717, 1.165) is 10.6 Å². The highest BCUT2D eigenvalue weighted by atomic mass is 32.2. The van der Waals surface area contributed by atoms with Gasteiger partial charge in [-0.25, -0.2) is 4.79 Å². The molecule has 2 aromatic rings. The molecule has 0 atom stereocenters. The number of hydrogen-bond acceptors (Lipinski definition) is 5. The van der Waals surface area contributed by atoms with Gasteiger partial charge in [0, 0.05) is 30.2 Å². The summed E-state index contributed by atoms with van der Waals surface area (Å²) >= 11 is 1.52. The number of methoxy groups -OCH3 is 1. The summed E-state index contributed by atoms with van der Waals surface area (Å²) in [5.41, 5.74) is -0.852. The average Bonchev–Trinajstić information content (AvgIpc) is 2.45. The van der Waals surface area contributed by atoms with Gasteiger partial charge < -0.3 is 19.5 Å². The molecule has 0 fully saturated rings. The topological polar surface area (TPSA) is 88.8 Å². The molecule has 0 aliphatic heterocycles. The minimum Gasteiger partial charge on any atom is -0.506 e. The number of ether oxygens (including phenoxy) is 1. The van der Waals surface area contributed by atoms with E-state index >= 15 is 0 Å². The van der Waals surface area contributed by atoms with E-state index in [1.807, 2.05) is 6.07 Å². The van der Waals surface area contributed by atoms with E-state index in [0.29, 0.717) is 17.5 Å². The highest BCUT2D eigenvalue weighted by Crippen LogP contribution is 2.30. The first-order valence-corrected chi connectivity index (χ1v) is 7.16. The molecule has 0 aliphatic rings. The number of aromatic hydroxyl groups is 1. The van der Waals surface area contributed by atoms with Gasteiger partial charge in [0.1, 0.15) is 5.75 Å². The first-order valence-electron chi connectivity index (χ1n) is 6.18. The monoisotopic (exact) mass is 309 g/mol. The van der Waals surface area contributed by atoms with Crippen LogP contribution in [0.1, 0.15) is 10.4 Å². The molecule has 2 rings (SSSR count). The zero-order valence-electron chi connectivity index (χ0n) is 11.6. The van der Waals surface area contributed by atoms with Crippen LogP contribution >= 0.6 is 11.8 Å². The van der Waals surface area contributed by atoms with Gasteiger partial charge in [0.25, 0.3) is 5.56 Å². The van der Waals surface area contributed by atoms with Crippen LogP contribution in [0.5, 0.6) is 5.75 Å². The minimum absolute atomic E-state index is 0.344. The van der Waals surface area contributed by atoms with Crippen molar-refractivity contribution in [1.82, 2.24) is 4.57 Å². The normalized spacial score (nSPS) is 11.0. The molecule has 1 aromatic carbocycles. The number of pyridine rings is 1. The quantitative estimate of drug-likeness (QED) is 0.645. The number of carbonyl (C=O) groups is 1. The van der Waals surface area contributed by atoms with E-state index in [-0.39, 0.29) is 0 Å². The summed E-state index contributed by atoms with van der Waals surface area (Å²) in [7, 11) is 3.09. The van der Waals surface area contributed by atoms with E-state index in [4.69, 9.17) is 9.84 Å². The smallest absolute Gasteiger partial charge is 0.345 e. The molecule has 1 aromatic heterocycles. The van der Waals surface area contributed by atoms with Gasteiger partial charge in [-0.05, 0) is 18.2 Å². The van der Waals surface area contributed by atoms with Crippen LogP contribution in [0.25, 0.3) is 10.9 Å². The van der Waals surface area contributed by atoms with E-state index in [1.165, 1.54) is 23.4 Å². The van der Waals surface area contributed by atoms with Gasteiger partial charge in [0.05, 0.1) is 12.1 Å². The molecular formula is C14H15NO5S. The van der Waals surface area contributed by atoms with Crippen molar-refractivity contribution in [3.05, 3.63) is 34.1 Å². The summed E-state index contributed by atoms with van der Waals surface area (Å²) in [6.45, 7) is 0.586. The highest BCUT2D eigenvalue weighted by Gasteiger charge is 2.20. The lowest BCUT2D eigenvalue weighted by molar-refractivity contribution is 0.0691. The first-order chi connectivity index (χ1) is 9.97. The van der Waals surface area contributed by atoms with Crippen LogP contribution in [0.3, 0.4) is 0 Å². The Morgan fingerprint density at radius 2 is 2.14 bits per heavy atom. The fourth-order valence-corrected chi connectivity index (χ4v) is 2.89. The molecule has 6 nitrogen and oxygen atoms in total. The summed E-state index contributed by atoms with van der Waals surface area (Å²) in [5.74, 6) is -1.19. The Kier molecular flexibility index (Phi) is 4.54. The van der Waals surface area contributed by atoms with Crippen LogP contribution in [0.2, 0.25) is 0 Å². The van der Waals surface area contributed by atoms with E-state index < -0.39 is 22.8 Å². The fourth-order valence-electron chi connectivity index (χ4n) is 2.04. The van der Waals surface area contributed by atoms with Crippen molar-refractivity contribution in [3.8, 4) is 5.75 Å². The fraction of sp³-hybridized carbons (Fsp3) is 0.286. The number of thioether (sulfide) groups is 1. The van der Waals surface area contributed by atoms with Gasteiger partial charge in [0.2, 0.25) is 0 Å². The molecule has 112 valence electrons. The van der Waals surface area contributed by atoms with Crippen LogP contribution in [0, 0.1) is 0 Å². The highest BCUT2D eigenvalue weighted by molar-refractivity contribution is 7.99. The maximum Gasteiger partial charge on any atom is 0.345 e. The SMILES string of the molecule is COCCSc1ccc2c(c1)c(O)c(C(=O)O)c(=O)n2C. The number of carboxylic acid groups (broad SMARTS) is 1. The zero-order valence-corrected chi connectivity index (χ0v) is 12.4. The summed E-state index contributed by atoms with van der Waals surface area (Å²) in [6.07, 6.45) is 0. The summed E-state index contributed by atoms with van der Waals surface area (Å²) in [6, 6.07) is 5.19. The standard InChI is InChI=1S/C14H15NO5S/c1-15-10-4-3-8(21-6-5-20-2)7-9(10)12(16)11(13(15)17)14(18)19/h3-4,7,16H,5-6H2,1-2H3,(H,18,19). The molecule has 0 amide bonds. The minimum atomic E-state index is -1.44. The second-order valence-corrected chi connectivity index (χ2v) is 5.58. The molecule has 0 spiro atoms. The number of carboxylic acids is 1. The van der Waals surface area contributed by atoms with E-state index in [2.05, 4.69) is 0 Å². The molecule has 2 N–H and O–H groups in total. The second-order valence-electron chi connectivity index (χ2n) is 4.41. The Bertz CT molecular complexity index is 753. The number of aryl methyl sites for hydroxylation is 1. The number of fused-ring (bicyclic) bond motifs is 1. The van der Waals surface area contributed by atoms with Crippen LogP contribution in [-0.2, 0) is 11.8 Å². The molecule has 0 radical (unpaired) electrons. The number of rotatable bonds is 5. The number of nitrogens with zero attached hydrogens (tertiary/aromatic N) is 1. The molecule has 0 saturated carbocycles. The van der Waals surface area contributed by atoms with Gasteiger partial charge in [0.15, 0.2) is 5.56 Å². The molecule has 21 heavy (non-hydrogen) atoms. The number of aromatic nitrogens is 1. The first kappa shape index (κ1) is 15.4. The van der Waals surface area contributed by atoms with Gasteiger partial charge in [-0.15, -0.1) is 11.8 Å². The molecule has 1 heterocycles. The molecule has 0 aliphatic carbocycles. The third-order valence-electron chi connectivity index (χ3n) is 3.11. The third kappa shape index (κ3) is 2.88. The molecule has 0 saturated heterocycles. The van der Waals surface area contributed by atoms with E-state index in [1.54, 1.807) is 19.2 Å². The lowest BCUT2D eigenvalue weighted by Crippen LogP contribution is -2.24. The Balaban J connectivity index is 2.60. The Labute approximate surface area is 125 Å². The van der Waals surface area contributed by atoms with Crippen LogP contribution in [0.15, 0.2) is 27.9 Å². The Hall–Kier alpha value is -1.99. The molecule has 7 heteroatoms. The van der Waals surface area contributed by atoms with Crippen molar-refractivity contribution in [2.75, 3.05) is 19.5 Å². The number of hydrogen-bond donors (Lipinski definition) is 2. The predicted octanol–water partition coefficient (Wildman–Crippen LogP) is 1.68. The summed E-state index contributed by atoms with van der Waals surface area (Å²) < 4.78 is 6.19. The van der Waals surface area contributed by atoms with Crippen molar-refractivity contribution < 1.29 is 19.7 Å².